The van der Waals surface area contributed by atoms with Crippen molar-refractivity contribution < 1.29 is 0 Å². The van der Waals surface area contributed by atoms with Crippen molar-refractivity contribution in [2.24, 2.45) is 5.41 Å². The second-order valence-corrected chi connectivity index (χ2v) is 6.24. The summed E-state index contributed by atoms with van der Waals surface area (Å²) in [5, 5.41) is 3.30. The molecule has 0 unspecified atom stereocenters. The average molecular weight is 246 g/mol. The summed E-state index contributed by atoms with van der Waals surface area (Å²) in [5.74, 6) is 0. The number of nitrogens with zero attached hydrogens (tertiary/aromatic N) is 1. The molecule has 2 heteroatoms. The smallest absolute Gasteiger partial charge is 0.00451 e. The zero-order valence-corrected chi connectivity index (χ0v) is 12.0. The monoisotopic (exact) mass is 246 g/mol. The third kappa shape index (κ3) is 3.56. The van der Waals surface area contributed by atoms with Gasteiger partial charge in [-0.15, -0.1) is 0 Å². The van der Waals surface area contributed by atoms with Gasteiger partial charge < -0.3 is 10.2 Å². The van der Waals surface area contributed by atoms with E-state index in [0.717, 1.165) is 6.54 Å². The fourth-order valence-electron chi connectivity index (χ4n) is 3.01. The van der Waals surface area contributed by atoms with Crippen molar-refractivity contribution >= 4 is 0 Å². The lowest BCUT2D eigenvalue weighted by Gasteiger charge is -2.31. The highest BCUT2D eigenvalue weighted by atomic mass is 15.1. The Morgan fingerprint density at radius 2 is 1.67 bits per heavy atom. The Balaban J connectivity index is 1.96. The first-order valence-electron chi connectivity index (χ1n) is 7.04. The van der Waals surface area contributed by atoms with E-state index in [4.69, 9.17) is 0 Å². The van der Waals surface area contributed by atoms with Gasteiger partial charge in [0.1, 0.15) is 0 Å². The molecule has 0 atom stereocenters. The summed E-state index contributed by atoms with van der Waals surface area (Å²) in [7, 11) is 2.04. The molecule has 0 aromatic heterocycles. The molecule has 1 aliphatic heterocycles. The Labute approximate surface area is 111 Å². The molecular weight excluding hydrogens is 220 g/mol. The zero-order chi connectivity index (χ0) is 13.0. The number of hydrogen-bond acceptors (Lipinski definition) is 2. The van der Waals surface area contributed by atoms with Crippen molar-refractivity contribution in [1.29, 1.82) is 0 Å². The van der Waals surface area contributed by atoms with E-state index < -0.39 is 0 Å². The molecule has 0 aliphatic carbocycles. The molecule has 18 heavy (non-hydrogen) atoms. The number of rotatable bonds is 4. The van der Waals surface area contributed by atoms with E-state index in [0.29, 0.717) is 5.41 Å². The first-order chi connectivity index (χ1) is 8.61. The first-order valence-corrected chi connectivity index (χ1v) is 7.04. The molecule has 1 aliphatic rings. The molecule has 1 N–H and O–H groups in total. The third-order valence-electron chi connectivity index (χ3n) is 3.82. The van der Waals surface area contributed by atoms with Gasteiger partial charge in [-0.2, -0.15) is 0 Å². The molecule has 2 nitrogen and oxygen atoms in total. The normalized spacial score (nSPS) is 17.3. The van der Waals surface area contributed by atoms with Crippen LogP contribution in [0.25, 0.3) is 0 Å². The van der Waals surface area contributed by atoms with Crippen LogP contribution >= 0.6 is 0 Å². The maximum atomic E-state index is 3.30. The van der Waals surface area contributed by atoms with Crippen LogP contribution in [0.2, 0.25) is 0 Å². The van der Waals surface area contributed by atoms with E-state index >= 15 is 0 Å². The van der Waals surface area contributed by atoms with E-state index in [2.05, 4.69) is 48.3 Å². The highest BCUT2D eigenvalue weighted by Gasteiger charge is 2.22. The van der Waals surface area contributed by atoms with Gasteiger partial charge in [0.05, 0.1) is 0 Å². The van der Waals surface area contributed by atoms with Crippen LogP contribution < -0.4 is 5.32 Å². The Morgan fingerprint density at radius 1 is 1.11 bits per heavy atom. The van der Waals surface area contributed by atoms with Gasteiger partial charge in [-0.3, -0.25) is 0 Å². The maximum Gasteiger partial charge on any atom is 0.00451 e. The first kappa shape index (κ1) is 13.6. The lowest BCUT2D eigenvalue weighted by Crippen LogP contribution is -2.40. The second-order valence-electron chi connectivity index (χ2n) is 6.24. The molecule has 0 radical (unpaired) electrons. The molecule has 0 saturated carbocycles. The zero-order valence-electron chi connectivity index (χ0n) is 12.0. The number of benzene rings is 1. The van der Waals surface area contributed by atoms with E-state index in [1.165, 1.54) is 32.5 Å². The third-order valence-corrected chi connectivity index (χ3v) is 3.82. The van der Waals surface area contributed by atoms with Gasteiger partial charge in [-0.1, -0.05) is 38.1 Å². The predicted octanol–water partition coefficient (Wildman–Crippen LogP) is 2.33. The topological polar surface area (TPSA) is 15.3 Å². The van der Waals surface area contributed by atoms with Gasteiger partial charge in [0.15, 0.2) is 0 Å². The van der Waals surface area contributed by atoms with Crippen molar-refractivity contribution in [3.8, 4) is 0 Å². The molecular formula is C16H26N2. The quantitative estimate of drug-likeness (QED) is 0.877. The minimum absolute atomic E-state index is 0.352. The van der Waals surface area contributed by atoms with E-state index in [1.54, 1.807) is 11.1 Å². The lowest BCUT2D eigenvalue weighted by molar-refractivity contribution is 0.182. The molecule has 1 heterocycles. The highest BCUT2D eigenvalue weighted by molar-refractivity contribution is 5.28. The Morgan fingerprint density at radius 3 is 2.17 bits per heavy atom. The molecule has 0 saturated heterocycles. The van der Waals surface area contributed by atoms with Crippen LogP contribution in [0.1, 0.15) is 25.0 Å². The minimum atomic E-state index is 0.352. The summed E-state index contributed by atoms with van der Waals surface area (Å²) in [4.78, 5) is 2.62. The van der Waals surface area contributed by atoms with Crippen molar-refractivity contribution in [2.45, 2.75) is 26.7 Å². The van der Waals surface area contributed by atoms with Crippen molar-refractivity contribution in [3.05, 3.63) is 35.4 Å². The molecule has 100 valence electrons. The Kier molecular flexibility index (Phi) is 4.41. The van der Waals surface area contributed by atoms with Gasteiger partial charge in [0.25, 0.3) is 0 Å². The maximum absolute atomic E-state index is 3.30. The summed E-state index contributed by atoms with van der Waals surface area (Å²) < 4.78 is 0. The Bertz CT molecular complexity index is 357. The summed E-state index contributed by atoms with van der Waals surface area (Å²) in [6.45, 7) is 9.36. The largest absolute Gasteiger partial charge is 0.319 e. The van der Waals surface area contributed by atoms with Crippen molar-refractivity contribution in [2.75, 3.05) is 33.2 Å². The fraction of sp³-hybridized carbons (Fsp3) is 0.625. The summed E-state index contributed by atoms with van der Waals surface area (Å²) in [6.07, 6.45) is 2.40. The van der Waals surface area contributed by atoms with Crippen molar-refractivity contribution in [3.63, 3.8) is 0 Å². The summed E-state index contributed by atoms with van der Waals surface area (Å²) in [6, 6.07) is 8.91. The average Bonchev–Trinajstić information content (AvgIpc) is 2.52. The van der Waals surface area contributed by atoms with Crippen LogP contribution in [0.15, 0.2) is 24.3 Å². The van der Waals surface area contributed by atoms with Crippen LogP contribution in [0.4, 0.5) is 0 Å². The van der Waals surface area contributed by atoms with E-state index in [-0.39, 0.29) is 0 Å². The Hall–Kier alpha value is -0.860. The number of nitrogens with one attached hydrogen (secondary N) is 1. The number of hydrogen-bond donors (Lipinski definition) is 1. The molecule has 2 rings (SSSR count). The van der Waals surface area contributed by atoms with Crippen LogP contribution in [0.3, 0.4) is 0 Å². The van der Waals surface area contributed by atoms with Crippen LogP contribution in [0, 0.1) is 5.41 Å². The van der Waals surface area contributed by atoms with Gasteiger partial charge >= 0.3 is 0 Å². The van der Waals surface area contributed by atoms with Crippen LogP contribution in [-0.4, -0.2) is 38.1 Å². The SMILES string of the molecule is CNCC(C)(C)CN1CCc2ccccc2CC1. The van der Waals surface area contributed by atoms with Crippen LogP contribution in [0.5, 0.6) is 0 Å². The second kappa shape index (κ2) is 5.85. The highest BCUT2D eigenvalue weighted by Crippen LogP contribution is 2.20. The molecule has 1 aromatic rings. The molecule has 0 fully saturated rings. The fourth-order valence-corrected chi connectivity index (χ4v) is 3.01. The van der Waals surface area contributed by atoms with E-state index in [1.807, 2.05) is 7.05 Å². The van der Waals surface area contributed by atoms with Crippen LogP contribution in [-0.2, 0) is 12.8 Å². The summed E-state index contributed by atoms with van der Waals surface area (Å²) >= 11 is 0. The van der Waals surface area contributed by atoms with Gasteiger partial charge in [-0.25, -0.2) is 0 Å². The molecule has 1 aromatic carbocycles. The minimum Gasteiger partial charge on any atom is -0.319 e. The summed E-state index contributed by atoms with van der Waals surface area (Å²) in [5.41, 5.74) is 3.45. The lowest BCUT2D eigenvalue weighted by atomic mass is 9.92. The number of fused-ring (bicyclic) bond motifs is 1. The molecule has 0 spiro atoms. The molecule has 0 amide bonds. The van der Waals surface area contributed by atoms with Gasteiger partial charge in [0, 0.05) is 26.2 Å². The van der Waals surface area contributed by atoms with Gasteiger partial charge in [0.2, 0.25) is 0 Å². The predicted molar refractivity (Wildman–Crippen MR) is 78.0 cm³/mol. The standard InChI is InChI=1S/C16H26N2/c1-16(2,12-17-3)13-18-10-8-14-6-4-5-7-15(14)9-11-18/h4-7,17H,8-13H2,1-3H3. The van der Waals surface area contributed by atoms with E-state index in [9.17, 15) is 0 Å². The van der Waals surface area contributed by atoms with Gasteiger partial charge in [-0.05, 0) is 36.4 Å². The molecule has 0 bridgehead atoms. The van der Waals surface area contributed by atoms with Crippen molar-refractivity contribution in [1.82, 2.24) is 10.2 Å².